The Morgan fingerprint density at radius 2 is 1.47 bits per heavy atom. The molecule has 2 aliphatic rings. The van der Waals surface area contributed by atoms with Gasteiger partial charge in [0.2, 0.25) is 0 Å². The third kappa shape index (κ3) is 5.69. The van der Waals surface area contributed by atoms with E-state index >= 15 is 0 Å². The summed E-state index contributed by atoms with van der Waals surface area (Å²) in [6.45, 7) is 15.6. The van der Waals surface area contributed by atoms with E-state index in [-0.39, 0.29) is 34.9 Å². The molecule has 0 amide bonds. The smallest absolute Gasteiger partial charge is 0.330 e. The number of rotatable bonds is 11. The van der Waals surface area contributed by atoms with Crippen molar-refractivity contribution < 1.29 is 13.6 Å². The maximum absolute atomic E-state index is 13.0. The highest BCUT2D eigenvalue weighted by atomic mass is 28.4. The van der Waals surface area contributed by atoms with Gasteiger partial charge in [-0.2, -0.15) is 0 Å². The summed E-state index contributed by atoms with van der Waals surface area (Å²) in [4.78, 5) is 27.7. The fourth-order valence-electron chi connectivity index (χ4n) is 6.98. The predicted molar refractivity (Wildman–Crippen MR) is 176 cm³/mol. The molecule has 2 N–H and O–H groups in total. The van der Waals surface area contributed by atoms with E-state index in [0.29, 0.717) is 12.2 Å². The first-order chi connectivity index (χ1) is 20.5. The van der Waals surface area contributed by atoms with Crippen molar-refractivity contribution in [1.29, 1.82) is 0 Å². The summed E-state index contributed by atoms with van der Waals surface area (Å²) < 4.78 is 22.5. The van der Waals surface area contributed by atoms with E-state index in [1.54, 1.807) is 13.1 Å². The lowest BCUT2D eigenvalue weighted by atomic mass is 9.91. The molecule has 2 fully saturated rings. The highest BCUT2D eigenvalue weighted by molar-refractivity contribution is 6.99. The summed E-state index contributed by atoms with van der Waals surface area (Å²) in [6, 6.07) is 24.1. The zero-order valence-electron chi connectivity index (χ0n) is 26.6. The van der Waals surface area contributed by atoms with Crippen LogP contribution in [0.2, 0.25) is 23.2 Å². The van der Waals surface area contributed by atoms with Crippen molar-refractivity contribution in [3.8, 4) is 0 Å². The van der Waals surface area contributed by atoms with Gasteiger partial charge in [0.15, 0.2) is 14.5 Å². The Hall–Kier alpha value is -2.61. The van der Waals surface area contributed by atoms with Gasteiger partial charge in [0.05, 0.1) is 24.8 Å². The Kier molecular flexibility index (Phi) is 9.18. The van der Waals surface area contributed by atoms with E-state index in [1.165, 1.54) is 14.9 Å². The van der Waals surface area contributed by atoms with Gasteiger partial charge in [0.25, 0.3) is 13.9 Å². The van der Waals surface area contributed by atoms with Crippen molar-refractivity contribution in [3.63, 3.8) is 0 Å². The molecule has 0 saturated carbocycles. The van der Waals surface area contributed by atoms with Gasteiger partial charge < -0.3 is 18.9 Å². The number of nitrogens with zero attached hydrogens (tertiary/aromatic N) is 1. The summed E-state index contributed by atoms with van der Waals surface area (Å²) in [5, 5.41) is 6.07. The molecule has 3 heterocycles. The van der Waals surface area contributed by atoms with Crippen LogP contribution in [0.4, 0.5) is 0 Å². The van der Waals surface area contributed by atoms with E-state index in [1.807, 2.05) is 12.1 Å². The average Bonchev–Trinajstić information content (AvgIpc) is 3.26. The number of benzene rings is 2. The molecule has 0 spiro atoms. The summed E-state index contributed by atoms with van der Waals surface area (Å²) in [7, 11) is -4.78. The second kappa shape index (κ2) is 12.4. The quantitative estimate of drug-likeness (QED) is 0.314. The molecular formula is C33H47N3O5Si2. The summed E-state index contributed by atoms with van der Waals surface area (Å²) in [5.74, 6) is 0. The van der Waals surface area contributed by atoms with Crippen LogP contribution in [0.5, 0.6) is 0 Å². The molecular weight excluding hydrogens is 575 g/mol. The Morgan fingerprint density at radius 1 is 0.907 bits per heavy atom. The lowest BCUT2D eigenvalue weighted by Gasteiger charge is -2.48. The minimum atomic E-state index is -2.73. The van der Waals surface area contributed by atoms with Crippen molar-refractivity contribution in [2.24, 2.45) is 0 Å². The average molecular weight is 622 g/mol. The van der Waals surface area contributed by atoms with Crippen LogP contribution >= 0.6 is 0 Å². The van der Waals surface area contributed by atoms with Crippen LogP contribution in [0.25, 0.3) is 0 Å². The van der Waals surface area contributed by atoms with E-state index in [0.717, 1.165) is 18.1 Å². The second-order valence-electron chi connectivity index (χ2n) is 13.1. The van der Waals surface area contributed by atoms with Crippen LogP contribution in [0, 0.1) is 6.92 Å². The third-order valence-electron chi connectivity index (χ3n) is 9.72. The lowest BCUT2D eigenvalue weighted by molar-refractivity contribution is -0.0645. The van der Waals surface area contributed by atoms with Gasteiger partial charge in [-0.05, 0) is 40.5 Å². The first kappa shape index (κ1) is 31.8. The Bertz CT molecular complexity index is 1450. The fraction of sp³-hybridized carbons (Fsp3) is 0.515. The highest BCUT2D eigenvalue weighted by Crippen LogP contribution is 2.42. The number of fused-ring (bicyclic) bond motifs is 1. The molecule has 10 heteroatoms. The minimum absolute atomic E-state index is 0.0664. The Morgan fingerprint density at radius 3 is 1.98 bits per heavy atom. The van der Waals surface area contributed by atoms with Crippen molar-refractivity contribution >= 4 is 27.0 Å². The fourth-order valence-corrected chi connectivity index (χ4v) is 14.4. The van der Waals surface area contributed by atoms with Gasteiger partial charge in [-0.15, -0.1) is 0 Å². The maximum Gasteiger partial charge on any atom is 0.330 e. The normalized spacial score (nSPS) is 24.0. The molecule has 5 unspecified atom stereocenters. The summed E-state index contributed by atoms with van der Waals surface area (Å²) >= 11 is 0. The van der Waals surface area contributed by atoms with Gasteiger partial charge >= 0.3 is 5.69 Å². The molecule has 2 aliphatic heterocycles. The molecule has 0 bridgehead atoms. The largest absolute Gasteiger partial charge is 0.408 e. The number of aryl methyl sites for hydroxylation is 1. The topological polar surface area (TPSA) is 94.6 Å². The number of nitrogens with one attached hydrogen (secondary N) is 2. The van der Waals surface area contributed by atoms with Crippen molar-refractivity contribution in [1.82, 2.24) is 14.9 Å². The summed E-state index contributed by atoms with van der Waals surface area (Å²) in [6.07, 6.45) is 0.432. The van der Waals surface area contributed by atoms with Gasteiger partial charge in [-0.1, -0.05) is 102 Å². The molecule has 0 radical (unpaired) electrons. The van der Waals surface area contributed by atoms with Crippen LogP contribution in [-0.4, -0.2) is 57.1 Å². The molecule has 0 aliphatic carbocycles. The standard InChI is InChI=1S/C33H47N3O5Si2/c1-8-42(9-2,10-3)41-29-27-28(40-31(29)36-21-23(4)30(37)35-32(36)38)26(34-27)22-39-43(33(5,6)7,24-17-13-11-14-18-24)25-19-15-12-16-20-25/h11-21,26-29,31,34H,8-10,22H2,1-7H3,(H,35,37,38). The number of aromatic amines is 1. The zero-order valence-corrected chi connectivity index (χ0v) is 28.6. The SMILES string of the molecule is CC[Si](CC)(CC)OC1C2NC(CO[Si](c3ccccc3)(c3ccccc3)C(C)(C)C)C2OC1n1cc(C)c(=O)[nH]c1=O. The van der Waals surface area contributed by atoms with E-state index < -0.39 is 28.6 Å². The van der Waals surface area contributed by atoms with Gasteiger partial charge in [0.1, 0.15) is 6.10 Å². The number of ether oxygens (including phenoxy) is 1. The molecule has 232 valence electrons. The van der Waals surface area contributed by atoms with E-state index in [2.05, 4.69) is 100 Å². The van der Waals surface area contributed by atoms with Crippen LogP contribution < -0.4 is 26.9 Å². The molecule has 8 nitrogen and oxygen atoms in total. The number of hydrogen-bond acceptors (Lipinski definition) is 6. The minimum Gasteiger partial charge on any atom is -0.408 e. The van der Waals surface area contributed by atoms with Crippen LogP contribution in [-0.2, 0) is 13.6 Å². The molecule has 3 aromatic rings. The highest BCUT2D eigenvalue weighted by Gasteiger charge is 2.59. The maximum atomic E-state index is 13.0. The van der Waals surface area contributed by atoms with E-state index in [4.69, 9.17) is 13.6 Å². The zero-order chi connectivity index (χ0) is 31.0. The summed E-state index contributed by atoms with van der Waals surface area (Å²) in [5.41, 5.74) is -0.396. The predicted octanol–water partition coefficient (Wildman–Crippen LogP) is 4.05. The number of H-pyrrole nitrogens is 1. The van der Waals surface area contributed by atoms with Crippen molar-refractivity contribution in [2.45, 2.75) is 102 Å². The van der Waals surface area contributed by atoms with Gasteiger partial charge in [0, 0.05) is 11.8 Å². The van der Waals surface area contributed by atoms with Crippen molar-refractivity contribution in [3.05, 3.63) is 93.3 Å². The lowest BCUT2D eigenvalue weighted by Crippen LogP contribution is -2.72. The molecule has 43 heavy (non-hydrogen) atoms. The number of aromatic nitrogens is 2. The first-order valence-electron chi connectivity index (χ1n) is 15.7. The Balaban J connectivity index is 1.47. The van der Waals surface area contributed by atoms with Gasteiger partial charge in [-0.3, -0.25) is 14.3 Å². The molecule has 5 atom stereocenters. The molecule has 2 saturated heterocycles. The van der Waals surface area contributed by atoms with Crippen LogP contribution in [0.3, 0.4) is 0 Å². The third-order valence-corrected chi connectivity index (χ3v) is 19.4. The number of hydrogen-bond donors (Lipinski definition) is 2. The van der Waals surface area contributed by atoms with Crippen molar-refractivity contribution in [2.75, 3.05) is 6.61 Å². The first-order valence-corrected chi connectivity index (χ1v) is 20.1. The van der Waals surface area contributed by atoms with Gasteiger partial charge in [-0.25, -0.2) is 4.79 Å². The van der Waals surface area contributed by atoms with Crippen LogP contribution in [0.15, 0.2) is 76.4 Å². The monoisotopic (exact) mass is 621 g/mol. The Labute approximate surface area is 257 Å². The molecule has 5 rings (SSSR count). The second-order valence-corrected chi connectivity index (χ2v) is 22.1. The van der Waals surface area contributed by atoms with E-state index in [9.17, 15) is 9.59 Å². The molecule has 2 aromatic carbocycles. The van der Waals surface area contributed by atoms with Crippen LogP contribution in [0.1, 0.15) is 53.3 Å². The molecule has 1 aromatic heterocycles.